The lowest BCUT2D eigenvalue weighted by Gasteiger charge is -2.21. The third-order valence-corrected chi connectivity index (χ3v) is 4.49. The zero-order valence-corrected chi connectivity index (χ0v) is 12.9. The normalized spacial score (nSPS) is 21.1. The third kappa shape index (κ3) is 3.44. The van der Waals surface area contributed by atoms with Gasteiger partial charge in [-0.15, -0.1) is 0 Å². The minimum atomic E-state index is 0.793. The monoisotopic (exact) mass is 311 g/mol. The summed E-state index contributed by atoms with van der Waals surface area (Å²) in [5.74, 6) is 2.54. The van der Waals surface area contributed by atoms with Gasteiger partial charge in [0.25, 0.3) is 0 Å². The van der Waals surface area contributed by atoms with Crippen LogP contribution in [0, 0.1) is 11.8 Å². The predicted molar refractivity (Wildman–Crippen MR) is 79.1 cm³/mol. The maximum Gasteiger partial charge on any atom is 0.225 e. The van der Waals surface area contributed by atoms with Crippen LogP contribution in [0.3, 0.4) is 0 Å². The molecule has 100 valence electrons. The molecule has 1 unspecified atom stereocenters. The van der Waals surface area contributed by atoms with Crippen LogP contribution in [0.5, 0.6) is 0 Å². The van der Waals surface area contributed by atoms with Gasteiger partial charge in [0.1, 0.15) is 0 Å². The van der Waals surface area contributed by atoms with E-state index in [0.29, 0.717) is 0 Å². The zero-order chi connectivity index (χ0) is 13.0. The van der Waals surface area contributed by atoms with Crippen molar-refractivity contribution in [3.63, 3.8) is 0 Å². The first-order valence-electron chi connectivity index (χ1n) is 6.82. The fourth-order valence-corrected chi connectivity index (χ4v) is 2.86. The number of rotatable bonds is 3. The van der Waals surface area contributed by atoms with Crippen molar-refractivity contribution < 1.29 is 0 Å². The molecule has 1 aromatic rings. The van der Waals surface area contributed by atoms with Crippen LogP contribution in [0.15, 0.2) is 12.4 Å². The molecule has 1 atom stereocenters. The van der Waals surface area contributed by atoms with E-state index in [9.17, 15) is 0 Å². The Morgan fingerprint density at radius 2 is 2.00 bits per heavy atom. The molecule has 0 N–H and O–H groups in total. The van der Waals surface area contributed by atoms with Crippen molar-refractivity contribution in [1.29, 1.82) is 0 Å². The van der Waals surface area contributed by atoms with Crippen molar-refractivity contribution in [2.24, 2.45) is 11.8 Å². The Labute approximate surface area is 118 Å². The first-order valence-corrected chi connectivity index (χ1v) is 7.94. The molecule has 0 aromatic carbocycles. The second-order valence-electron chi connectivity index (χ2n) is 5.45. The van der Waals surface area contributed by atoms with E-state index in [-0.39, 0.29) is 0 Å². The molecule has 0 aliphatic carbocycles. The molecular weight excluding hydrogens is 290 g/mol. The Morgan fingerprint density at radius 1 is 1.28 bits per heavy atom. The minimum Gasteiger partial charge on any atom is -0.341 e. The first kappa shape index (κ1) is 13.8. The van der Waals surface area contributed by atoms with Crippen molar-refractivity contribution in [3.8, 4) is 0 Å². The molecular formula is C14H22BrN3. The molecule has 0 spiro atoms. The van der Waals surface area contributed by atoms with Crippen molar-refractivity contribution in [1.82, 2.24) is 9.97 Å². The van der Waals surface area contributed by atoms with Crippen molar-refractivity contribution in [2.45, 2.75) is 38.4 Å². The molecule has 3 nitrogen and oxygen atoms in total. The predicted octanol–water partition coefficient (Wildman–Crippen LogP) is 3.63. The van der Waals surface area contributed by atoms with Crippen molar-refractivity contribution >= 4 is 21.9 Å². The van der Waals surface area contributed by atoms with Gasteiger partial charge in [0.15, 0.2) is 0 Å². The highest BCUT2D eigenvalue weighted by atomic mass is 79.9. The van der Waals surface area contributed by atoms with E-state index in [0.717, 1.165) is 41.8 Å². The Bertz CT molecular complexity index is 364. The average Bonchev–Trinajstić information content (AvgIpc) is 2.64. The molecule has 1 aliphatic heterocycles. The van der Waals surface area contributed by atoms with Gasteiger partial charge in [-0.05, 0) is 36.7 Å². The van der Waals surface area contributed by atoms with Gasteiger partial charge >= 0.3 is 0 Å². The van der Waals surface area contributed by atoms with Crippen LogP contribution in [-0.2, 0) is 5.33 Å². The van der Waals surface area contributed by atoms with E-state index in [1.807, 2.05) is 12.4 Å². The molecule has 2 rings (SSSR count). The summed E-state index contributed by atoms with van der Waals surface area (Å²) >= 11 is 3.42. The SMILES string of the molecule is CC(C)C1CCCN(c2ncc(CBr)cn2)CC1. The summed E-state index contributed by atoms with van der Waals surface area (Å²) in [6.45, 7) is 6.86. The van der Waals surface area contributed by atoms with E-state index < -0.39 is 0 Å². The molecule has 2 heterocycles. The van der Waals surface area contributed by atoms with Crippen molar-refractivity contribution in [3.05, 3.63) is 18.0 Å². The fourth-order valence-electron chi connectivity index (χ4n) is 2.57. The number of alkyl halides is 1. The lowest BCUT2D eigenvalue weighted by molar-refractivity contribution is 0.351. The zero-order valence-electron chi connectivity index (χ0n) is 11.3. The first-order chi connectivity index (χ1) is 8.70. The van der Waals surface area contributed by atoms with E-state index in [1.165, 1.54) is 19.3 Å². The highest BCUT2D eigenvalue weighted by Gasteiger charge is 2.20. The molecule has 1 aliphatic rings. The van der Waals surface area contributed by atoms with Gasteiger partial charge in [-0.1, -0.05) is 29.8 Å². The Hall–Kier alpha value is -0.640. The van der Waals surface area contributed by atoms with Crippen LogP contribution in [-0.4, -0.2) is 23.1 Å². The Morgan fingerprint density at radius 3 is 2.61 bits per heavy atom. The highest BCUT2D eigenvalue weighted by molar-refractivity contribution is 9.08. The van der Waals surface area contributed by atoms with Crippen LogP contribution in [0.1, 0.15) is 38.7 Å². The van der Waals surface area contributed by atoms with Gasteiger partial charge in [0.2, 0.25) is 5.95 Å². The average molecular weight is 312 g/mol. The summed E-state index contributed by atoms with van der Waals surface area (Å²) in [6, 6.07) is 0. The summed E-state index contributed by atoms with van der Waals surface area (Å²) in [4.78, 5) is 11.3. The summed E-state index contributed by atoms with van der Waals surface area (Å²) in [7, 11) is 0. The fraction of sp³-hybridized carbons (Fsp3) is 0.714. The van der Waals surface area contributed by atoms with Gasteiger partial charge in [0.05, 0.1) is 0 Å². The van der Waals surface area contributed by atoms with Crippen LogP contribution >= 0.6 is 15.9 Å². The van der Waals surface area contributed by atoms with Crippen molar-refractivity contribution in [2.75, 3.05) is 18.0 Å². The maximum absolute atomic E-state index is 4.47. The molecule has 0 radical (unpaired) electrons. The van der Waals surface area contributed by atoms with Gasteiger partial charge in [0, 0.05) is 30.8 Å². The van der Waals surface area contributed by atoms with Crippen LogP contribution in [0.4, 0.5) is 5.95 Å². The molecule has 18 heavy (non-hydrogen) atoms. The largest absolute Gasteiger partial charge is 0.341 e. The highest BCUT2D eigenvalue weighted by Crippen LogP contribution is 2.25. The lowest BCUT2D eigenvalue weighted by Crippen LogP contribution is -2.26. The minimum absolute atomic E-state index is 0.793. The summed E-state index contributed by atoms with van der Waals surface area (Å²) in [5, 5.41) is 0.822. The number of aromatic nitrogens is 2. The molecule has 4 heteroatoms. The molecule has 1 saturated heterocycles. The number of hydrogen-bond acceptors (Lipinski definition) is 3. The lowest BCUT2D eigenvalue weighted by atomic mass is 9.89. The van der Waals surface area contributed by atoms with Gasteiger partial charge in [-0.2, -0.15) is 0 Å². The smallest absolute Gasteiger partial charge is 0.225 e. The second-order valence-corrected chi connectivity index (χ2v) is 6.01. The van der Waals surface area contributed by atoms with E-state index in [2.05, 4.69) is 44.6 Å². The number of anilines is 1. The molecule has 1 fully saturated rings. The van der Waals surface area contributed by atoms with Gasteiger partial charge in [-0.3, -0.25) is 0 Å². The summed E-state index contributed by atoms with van der Waals surface area (Å²) in [6.07, 6.45) is 7.70. The standard InChI is InChI=1S/C14H22BrN3/c1-11(2)13-4-3-6-18(7-5-13)14-16-9-12(8-15)10-17-14/h9-11,13H,3-8H2,1-2H3. The number of hydrogen-bond donors (Lipinski definition) is 0. The van der Waals surface area contributed by atoms with Crippen LogP contribution < -0.4 is 4.90 Å². The van der Waals surface area contributed by atoms with Crippen LogP contribution in [0.25, 0.3) is 0 Å². The van der Waals surface area contributed by atoms with Crippen LogP contribution in [0.2, 0.25) is 0 Å². The quantitative estimate of drug-likeness (QED) is 0.798. The van der Waals surface area contributed by atoms with Gasteiger partial charge in [-0.25, -0.2) is 9.97 Å². The molecule has 1 aromatic heterocycles. The van der Waals surface area contributed by atoms with E-state index in [1.54, 1.807) is 0 Å². The number of halogens is 1. The molecule has 0 saturated carbocycles. The van der Waals surface area contributed by atoms with Gasteiger partial charge < -0.3 is 4.90 Å². The number of nitrogens with zero attached hydrogens (tertiary/aromatic N) is 3. The summed E-state index contributed by atoms with van der Waals surface area (Å²) < 4.78 is 0. The van der Waals surface area contributed by atoms with E-state index >= 15 is 0 Å². The third-order valence-electron chi connectivity index (χ3n) is 3.84. The molecule has 0 amide bonds. The Balaban J connectivity index is 2.00. The maximum atomic E-state index is 4.47. The summed E-state index contributed by atoms with van der Waals surface area (Å²) in [5.41, 5.74) is 1.13. The van der Waals surface area contributed by atoms with E-state index in [4.69, 9.17) is 0 Å². The second kappa shape index (κ2) is 6.50. The topological polar surface area (TPSA) is 29.0 Å². The molecule has 0 bridgehead atoms. The Kier molecular flexibility index (Phi) is 4.98.